The highest BCUT2D eigenvalue weighted by Crippen LogP contribution is 2.31. The molecule has 0 spiro atoms. The first-order valence-corrected chi connectivity index (χ1v) is 7.36. The Balaban J connectivity index is 2.32. The molecule has 5 nitrogen and oxygen atoms in total. The predicted molar refractivity (Wildman–Crippen MR) is 70.1 cm³/mol. The second-order valence-corrected chi connectivity index (χ2v) is 6.39. The largest absolute Gasteiger partial charge is 0.495 e. The van der Waals surface area contributed by atoms with Crippen molar-refractivity contribution in [3.05, 3.63) is 17.7 Å². The lowest BCUT2D eigenvalue weighted by Gasteiger charge is -2.12. The number of hydrogen-bond acceptors (Lipinski definition) is 4. The van der Waals surface area contributed by atoms with Gasteiger partial charge in [-0.1, -0.05) is 0 Å². The van der Waals surface area contributed by atoms with Crippen LogP contribution in [0, 0.1) is 12.8 Å². The van der Waals surface area contributed by atoms with Crippen LogP contribution in [-0.2, 0) is 10.0 Å². The third kappa shape index (κ3) is 2.76. The van der Waals surface area contributed by atoms with E-state index < -0.39 is 10.0 Å². The maximum atomic E-state index is 12.2. The number of nitrogens with one attached hydrogen (secondary N) is 1. The molecule has 0 radical (unpaired) electrons. The number of rotatable bonds is 5. The summed E-state index contributed by atoms with van der Waals surface area (Å²) < 4.78 is 32.0. The molecule has 0 aliphatic heterocycles. The minimum absolute atomic E-state index is 0.105. The van der Waals surface area contributed by atoms with E-state index in [1.165, 1.54) is 13.2 Å². The SMILES string of the molecule is COc1cc(C)c(N)cc1S(=O)(=O)NCC1CC1. The number of nitrogen functional groups attached to an aromatic ring is 1. The molecule has 2 rings (SSSR count). The average Bonchev–Trinajstić information content (AvgIpc) is 3.13. The smallest absolute Gasteiger partial charge is 0.244 e. The number of nitrogens with two attached hydrogens (primary N) is 1. The van der Waals surface area contributed by atoms with Gasteiger partial charge in [0.25, 0.3) is 0 Å². The maximum Gasteiger partial charge on any atom is 0.244 e. The van der Waals surface area contributed by atoms with E-state index in [-0.39, 0.29) is 4.90 Å². The number of anilines is 1. The van der Waals surface area contributed by atoms with E-state index in [0.717, 1.165) is 18.4 Å². The second kappa shape index (κ2) is 4.78. The lowest BCUT2D eigenvalue weighted by molar-refractivity contribution is 0.402. The number of sulfonamides is 1. The van der Waals surface area contributed by atoms with Crippen LogP contribution < -0.4 is 15.2 Å². The molecule has 0 amide bonds. The number of ether oxygens (including phenoxy) is 1. The van der Waals surface area contributed by atoms with Gasteiger partial charge >= 0.3 is 0 Å². The highest BCUT2D eigenvalue weighted by atomic mass is 32.2. The number of benzene rings is 1. The van der Waals surface area contributed by atoms with Gasteiger partial charge in [-0.15, -0.1) is 0 Å². The summed E-state index contributed by atoms with van der Waals surface area (Å²) in [4.78, 5) is 0.105. The van der Waals surface area contributed by atoms with Gasteiger partial charge in [0.05, 0.1) is 7.11 Å². The van der Waals surface area contributed by atoms with Crippen molar-refractivity contribution in [2.75, 3.05) is 19.4 Å². The summed E-state index contributed by atoms with van der Waals surface area (Å²) in [6, 6.07) is 3.09. The Bertz CT molecular complexity index is 551. The fraction of sp³-hybridized carbons (Fsp3) is 0.500. The van der Waals surface area contributed by atoms with Gasteiger partial charge in [0, 0.05) is 12.2 Å². The molecule has 0 bridgehead atoms. The van der Waals surface area contributed by atoms with E-state index in [1.807, 2.05) is 6.92 Å². The molecule has 1 aromatic carbocycles. The van der Waals surface area contributed by atoms with Crippen LogP contribution in [0.15, 0.2) is 17.0 Å². The molecule has 100 valence electrons. The van der Waals surface area contributed by atoms with Gasteiger partial charge in [0.15, 0.2) is 0 Å². The van der Waals surface area contributed by atoms with Crippen molar-refractivity contribution >= 4 is 15.7 Å². The van der Waals surface area contributed by atoms with Crippen molar-refractivity contribution in [2.45, 2.75) is 24.7 Å². The number of hydrogen-bond donors (Lipinski definition) is 2. The molecule has 18 heavy (non-hydrogen) atoms. The first-order valence-electron chi connectivity index (χ1n) is 5.88. The average molecular weight is 270 g/mol. The molecule has 1 aliphatic rings. The molecule has 1 aliphatic carbocycles. The van der Waals surface area contributed by atoms with E-state index >= 15 is 0 Å². The molecule has 0 atom stereocenters. The van der Waals surface area contributed by atoms with E-state index in [2.05, 4.69) is 4.72 Å². The van der Waals surface area contributed by atoms with Gasteiger partial charge in [-0.05, 0) is 43.4 Å². The fourth-order valence-corrected chi connectivity index (χ4v) is 2.97. The third-order valence-corrected chi connectivity index (χ3v) is 4.55. The van der Waals surface area contributed by atoms with Gasteiger partial charge in [0.1, 0.15) is 10.6 Å². The zero-order chi connectivity index (χ0) is 13.3. The molecule has 0 aromatic heterocycles. The van der Waals surface area contributed by atoms with Crippen molar-refractivity contribution in [2.24, 2.45) is 5.92 Å². The molecule has 1 aromatic rings. The van der Waals surface area contributed by atoms with E-state index in [9.17, 15) is 8.42 Å². The Hall–Kier alpha value is -1.27. The second-order valence-electron chi connectivity index (χ2n) is 4.65. The Kier molecular flexibility index (Phi) is 3.49. The normalized spacial score (nSPS) is 15.7. The van der Waals surface area contributed by atoms with Crippen molar-refractivity contribution in [1.82, 2.24) is 4.72 Å². The molecule has 1 fully saturated rings. The first kappa shape index (κ1) is 13.2. The fourth-order valence-electron chi connectivity index (χ4n) is 1.67. The minimum Gasteiger partial charge on any atom is -0.495 e. The molecule has 0 saturated heterocycles. The molecule has 0 heterocycles. The lowest BCUT2D eigenvalue weighted by atomic mass is 10.2. The van der Waals surface area contributed by atoms with Gasteiger partial charge in [-0.3, -0.25) is 0 Å². The van der Waals surface area contributed by atoms with E-state index in [4.69, 9.17) is 10.5 Å². The summed E-state index contributed by atoms with van der Waals surface area (Å²) in [5.41, 5.74) is 7.01. The van der Waals surface area contributed by atoms with Crippen LogP contribution in [0.5, 0.6) is 5.75 Å². The Labute approximate surface area is 107 Å². The monoisotopic (exact) mass is 270 g/mol. The highest BCUT2D eigenvalue weighted by molar-refractivity contribution is 7.89. The minimum atomic E-state index is -3.55. The molecule has 6 heteroatoms. The molecular weight excluding hydrogens is 252 g/mol. The highest BCUT2D eigenvalue weighted by Gasteiger charge is 2.26. The van der Waals surface area contributed by atoms with Gasteiger partial charge in [-0.25, -0.2) is 13.1 Å². The summed E-state index contributed by atoms with van der Waals surface area (Å²) in [6.45, 7) is 2.30. The Morgan fingerprint density at radius 2 is 2.11 bits per heavy atom. The van der Waals surface area contributed by atoms with E-state index in [1.54, 1.807) is 6.07 Å². The van der Waals surface area contributed by atoms with Crippen molar-refractivity contribution in [3.63, 3.8) is 0 Å². The van der Waals surface area contributed by atoms with Crippen LogP contribution in [0.4, 0.5) is 5.69 Å². The van der Waals surface area contributed by atoms with Crippen LogP contribution in [0.1, 0.15) is 18.4 Å². The molecule has 0 unspecified atom stereocenters. The van der Waals surface area contributed by atoms with E-state index in [0.29, 0.717) is 23.9 Å². The summed E-state index contributed by atoms with van der Waals surface area (Å²) in [5, 5.41) is 0. The number of aryl methyl sites for hydroxylation is 1. The van der Waals surface area contributed by atoms with Gasteiger partial charge < -0.3 is 10.5 Å². The van der Waals surface area contributed by atoms with Gasteiger partial charge in [-0.2, -0.15) is 0 Å². The topological polar surface area (TPSA) is 81.4 Å². The Morgan fingerprint density at radius 3 is 2.67 bits per heavy atom. The first-order chi connectivity index (χ1) is 8.44. The van der Waals surface area contributed by atoms with Crippen LogP contribution in [0.25, 0.3) is 0 Å². The molecule has 3 N–H and O–H groups in total. The van der Waals surface area contributed by atoms with Crippen LogP contribution in [0.2, 0.25) is 0 Å². The quantitative estimate of drug-likeness (QED) is 0.790. The van der Waals surface area contributed by atoms with Crippen LogP contribution in [0.3, 0.4) is 0 Å². The standard InChI is InChI=1S/C12H18N2O3S/c1-8-5-11(17-2)12(6-10(8)13)18(15,16)14-7-9-3-4-9/h5-6,9,14H,3-4,7,13H2,1-2H3. The number of methoxy groups -OCH3 is 1. The van der Waals surface area contributed by atoms with Crippen molar-refractivity contribution in [1.29, 1.82) is 0 Å². The molecular formula is C12H18N2O3S. The van der Waals surface area contributed by atoms with Crippen LogP contribution >= 0.6 is 0 Å². The summed E-state index contributed by atoms with van der Waals surface area (Å²) in [6.07, 6.45) is 2.19. The lowest BCUT2D eigenvalue weighted by Crippen LogP contribution is -2.26. The molecule has 1 saturated carbocycles. The zero-order valence-electron chi connectivity index (χ0n) is 10.6. The summed E-state index contributed by atoms with van der Waals surface area (Å²) in [7, 11) is -2.10. The predicted octanol–water partition coefficient (Wildman–Crippen LogP) is 1.27. The van der Waals surface area contributed by atoms with Crippen molar-refractivity contribution in [3.8, 4) is 5.75 Å². The summed E-state index contributed by atoms with van der Waals surface area (Å²) >= 11 is 0. The van der Waals surface area contributed by atoms with Gasteiger partial charge in [0.2, 0.25) is 10.0 Å². The zero-order valence-corrected chi connectivity index (χ0v) is 11.4. The van der Waals surface area contributed by atoms with Crippen LogP contribution in [-0.4, -0.2) is 22.1 Å². The summed E-state index contributed by atoms with van der Waals surface area (Å²) in [5.74, 6) is 0.804. The van der Waals surface area contributed by atoms with Crippen molar-refractivity contribution < 1.29 is 13.2 Å². The maximum absolute atomic E-state index is 12.2. The Morgan fingerprint density at radius 1 is 1.44 bits per heavy atom. The third-order valence-electron chi connectivity index (χ3n) is 3.10.